The molecule has 0 radical (unpaired) electrons. The van der Waals surface area contributed by atoms with Crippen molar-refractivity contribution in [1.29, 1.82) is 0 Å². The van der Waals surface area contributed by atoms with Crippen LogP contribution in [0.5, 0.6) is 0 Å². The first-order chi connectivity index (χ1) is 10.6. The molecule has 1 aromatic heterocycles. The Balaban J connectivity index is 2.42. The number of rotatable bonds is 5. The average Bonchev–Trinajstić information content (AvgIpc) is 2.48. The van der Waals surface area contributed by atoms with Crippen molar-refractivity contribution in [3.63, 3.8) is 0 Å². The minimum atomic E-state index is -0.789. The Labute approximate surface area is 125 Å². The van der Waals surface area contributed by atoms with E-state index in [1.54, 1.807) is 19.1 Å². The smallest absolute Gasteiger partial charge is 0.362 e. The van der Waals surface area contributed by atoms with E-state index in [4.69, 9.17) is 10.5 Å². The fraction of sp³-hybridized carbons (Fsp3) is 0.286. The van der Waals surface area contributed by atoms with E-state index in [9.17, 15) is 14.4 Å². The number of benzene rings is 1. The second-order valence-corrected chi connectivity index (χ2v) is 4.47. The van der Waals surface area contributed by atoms with Crippen LogP contribution in [0.4, 0.5) is 5.69 Å². The number of aromatic amines is 1. The predicted molar refractivity (Wildman–Crippen MR) is 80.6 cm³/mol. The quantitative estimate of drug-likeness (QED) is 0.686. The van der Waals surface area contributed by atoms with Gasteiger partial charge in [-0.05, 0) is 25.1 Å². The third kappa shape index (κ3) is 3.29. The summed E-state index contributed by atoms with van der Waals surface area (Å²) in [5.74, 6) is -1.04. The Morgan fingerprint density at radius 1 is 1.41 bits per heavy atom. The molecular weight excluding hydrogens is 288 g/mol. The summed E-state index contributed by atoms with van der Waals surface area (Å²) in [5, 5.41) is 9.22. The lowest BCUT2D eigenvalue weighted by atomic mass is 10.1. The van der Waals surface area contributed by atoms with Gasteiger partial charge in [0.05, 0.1) is 17.5 Å². The molecule has 2 aromatic rings. The molecule has 22 heavy (non-hydrogen) atoms. The van der Waals surface area contributed by atoms with Crippen LogP contribution < -0.4 is 16.5 Å². The Morgan fingerprint density at radius 2 is 2.18 bits per heavy atom. The molecule has 1 heterocycles. The van der Waals surface area contributed by atoms with E-state index in [2.05, 4.69) is 15.5 Å². The number of anilines is 1. The van der Waals surface area contributed by atoms with Crippen LogP contribution in [0.25, 0.3) is 10.9 Å². The van der Waals surface area contributed by atoms with E-state index in [-0.39, 0.29) is 36.6 Å². The number of carbonyl (C=O) groups excluding carboxylic acids is 2. The molecule has 0 fully saturated rings. The normalized spacial score (nSPS) is 10.5. The first-order valence-electron chi connectivity index (χ1n) is 6.76. The maximum Gasteiger partial charge on any atom is 0.362 e. The minimum Gasteiger partial charge on any atom is -0.461 e. The van der Waals surface area contributed by atoms with Crippen molar-refractivity contribution < 1.29 is 14.3 Å². The van der Waals surface area contributed by atoms with Gasteiger partial charge >= 0.3 is 5.97 Å². The van der Waals surface area contributed by atoms with Crippen LogP contribution in [-0.2, 0) is 9.53 Å². The number of nitrogens with one attached hydrogen (secondary N) is 2. The van der Waals surface area contributed by atoms with Crippen LogP contribution in [0.3, 0.4) is 0 Å². The zero-order valence-electron chi connectivity index (χ0n) is 12.0. The fourth-order valence-electron chi connectivity index (χ4n) is 1.89. The number of ether oxygens (including phenoxy) is 1. The van der Waals surface area contributed by atoms with Crippen molar-refractivity contribution in [3.8, 4) is 0 Å². The number of hydrogen-bond donors (Lipinski definition) is 3. The van der Waals surface area contributed by atoms with Crippen molar-refractivity contribution in [2.75, 3.05) is 18.5 Å². The summed E-state index contributed by atoms with van der Waals surface area (Å²) in [6, 6.07) is 4.70. The van der Waals surface area contributed by atoms with E-state index >= 15 is 0 Å². The molecule has 0 saturated carbocycles. The van der Waals surface area contributed by atoms with Crippen molar-refractivity contribution in [2.45, 2.75) is 13.3 Å². The summed E-state index contributed by atoms with van der Waals surface area (Å²) >= 11 is 0. The number of amides is 1. The number of nitrogens with zero attached hydrogens (tertiary/aromatic N) is 1. The molecule has 116 valence electrons. The van der Waals surface area contributed by atoms with Gasteiger partial charge in [0.25, 0.3) is 0 Å². The number of hydrogen-bond acceptors (Lipinski definition) is 6. The molecule has 0 aliphatic carbocycles. The van der Waals surface area contributed by atoms with Gasteiger partial charge in [-0.25, -0.2) is 4.79 Å². The number of fused-ring (bicyclic) bond motifs is 1. The van der Waals surface area contributed by atoms with Crippen molar-refractivity contribution in [1.82, 2.24) is 10.2 Å². The van der Waals surface area contributed by atoms with Crippen molar-refractivity contribution in [2.24, 2.45) is 5.73 Å². The van der Waals surface area contributed by atoms with E-state index in [1.807, 2.05) is 0 Å². The molecule has 0 unspecified atom stereocenters. The van der Waals surface area contributed by atoms with E-state index < -0.39 is 11.4 Å². The van der Waals surface area contributed by atoms with Gasteiger partial charge in [0.2, 0.25) is 17.0 Å². The lowest BCUT2D eigenvalue weighted by molar-refractivity contribution is -0.116. The zero-order chi connectivity index (χ0) is 16.1. The lowest BCUT2D eigenvalue weighted by Crippen LogP contribution is -2.21. The first-order valence-corrected chi connectivity index (χ1v) is 6.76. The molecule has 8 heteroatoms. The molecule has 8 nitrogen and oxygen atoms in total. The average molecular weight is 304 g/mol. The minimum absolute atomic E-state index is 0.146. The standard InChI is InChI=1S/C14H16N4O4/c1-2-22-14(21)12-13(20)9-7-8(16-11(19)5-6-15)3-4-10(9)17-18-12/h3-4,7H,2,5-6,15H2,1H3,(H,16,19)(H,17,20). The third-order valence-corrected chi connectivity index (χ3v) is 2.89. The molecule has 2 rings (SSSR count). The highest BCUT2D eigenvalue weighted by molar-refractivity contribution is 5.95. The van der Waals surface area contributed by atoms with Gasteiger partial charge in [0.1, 0.15) is 0 Å². The molecule has 0 saturated heterocycles. The van der Waals surface area contributed by atoms with Gasteiger partial charge in [-0.3, -0.25) is 14.7 Å². The second-order valence-electron chi connectivity index (χ2n) is 4.47. The highest BCUT2D eigenvalue weighted by atomic mass is 16.5. The van der Waals surface area contributed by atoms with Gasteiger partial charge in [-0.1, -0.05) is 0 Å². The SMILES string of the molecule is CCOC(=O)c1n[nH]c2ccc(NC(=O)CCN)cc2c1=O. The zero-order valence-corrected chi connectivity index (χ0v) is 12.0. The Kier molecular flexibility index (Phi) is 4.84. The van der Waals surface area contributed by atoms with Gasteiger partial charge < -0.3 is 15.8 Å². The molecule has 4 N–H and O–H groups in total. The van der Waals surface area contributed by atoms with Gasteiger partial charge in [0, 0.05) is 18.7 Å². The molecule has 1 amide bonds. The number of carbonyl (C=O) groups is 2. The maximum absolute atomic E-state index is 12.3. The summed E-state index contributed by atoms with van der Waals surface area (Å²) < 4.78 is 4.78. The lowest BCUT2D eigenvalue weighted by Gasteiger charge is -2.06. The van der Waals surface area contributed by atoms with Crippen LogP contribution in [-0.4, -0.2) is 35.2 Å². The van der Waals surface area contributed by atoms with Gasteiger partial charge in [-0.15, -0.1) is 0 Å². The molecule has 0 aliphatic rings. The summed E-state index contributed by atoms with van der Waals surface area (Å²) in [6.07, 6.45) is 0.179. The molecule has 1 aromatic carbocycles. The van der Waals surface area contributed by atoms with Crippen LogP contribution in [0.15, 0.2) is 23.0 Å². The van der Waals surface area contributed by atoms with Crippen LogP contribution in [0.1, 0.15) is 23.8 Å². The Hall–Kier alpha value is -2.74. The van der Waals surface area contributed by atoms with E-state index in [0.29, 0.717) is 11.2 Å². The van der Waals surface area contributed by atoms with E-state index in [1.165, 1.54) is 6.07 Å². The highest BCUT2D eigenvalue weighted by Gasteiger charge is 2.16. The van der Waals surface area contributed by atoms with Crippen LogP contribution >= 0.6 is 0 Å². The number of nitrogens with two attached hydrogens (primary N) is 1. The Bertz CT molecular complexity index is 769. The largest absolute Gasteiger partial charge is 0.461 e. The highest BCUT2D eigenvalue weighted by Crippen LogP contribution is 2.15. The maximum atomic E-state index is 12.3. The summed E-state index contributed by atoms with van der Waals surface area (Å²) in [4.78, 5) is 35.5. The van der Waals surface area contributed by atoms with Crippen LogP contribution in [0, 0.1) is 0 Å². The molecular formula is C14H16N4O4. The van der Waals surface area contributed by atoms with Crippen molar-refractivity contribution in [3.05, 3.63) is 34.1 Å². The predicted octanol–water partition coefficient (Wildman–Crippen LogP) is 0.387. The number of aromatic nitrogens is 2. The Morgan fingerprint density at radius 3 is 2.86 bits per heavy atom. The van der Waals surface area contributed by atoms with Crippen LogP contribution in [0.2, 0.25) is 0 Å². The van der Waals surface area contributed by atoms with Crippen molar-refractivity contribution >= 4 is 28.5 Å². The summed E-state index contributed by atoms with van der Waals surface area (Å²) in [5.41, 5.74) is 5.33. The fourth-order valence-corrected chi connectivity index (χ4v) is 1.89. The molecule has 0 bridgehead atoms. The van der Waals surface area contributed by atoms with Gasteiger partial charge in [-0.2, -0.15) is 5.10 Å². The summed E-state index contributed by atoms with van der Waals surface area (Å²) in [7, 11) is 0. The number of H-pyrrole nitrogens is 1. The summed E-state index contributed by atoms with van der Waals surface area (Å²) in [6.45, 7) is 2.02. The molecule has 0 spiro atoms. The molecule has 0 atom stereocenters. The van der Waals surface area contributed by atoms with Gasteiger partial charge in [0.15, 0.2) is 0 Å². The van der Waals surface area contributed by atoms with E-state index in [0.717, 1.165) is 0 Å². The monoisotopic (exact) mass is 304 g/mol. The first kappa shape index (κ1) is 15.6. The number of esters is 1. The topological polar surface area (TPSA) is 127 Å². The molecule has 0 aliphatic heterocycles. The second kappa shape index (κ2) is 6.81. The third-order valence-electron chi connectivity index (χ3n) is 2.89.